The van der Waals surface area contributed by atoms with Crippen LogP contribution in [0.3, 0.4) is 0 Å². The molecule has 1 atom stereocenters. The van der Waals surface area contributed by atoms with Crippen LogP contribution in [-0.2, 0) is 20.1 Å². The number of anilines is 2. The first-order valence-electron chi connectivity index (χ1n) is 11.3. The maximum atomic E-state index is 13.7. The van der Waals surface area contributed by atoms with E-state index in [0.29, 0.717) is 29.6 Å². The molecule has 2 aromatic heterocycles. The van der Waals surface area contributed by atoms with Crippen molar-refractivity contribution < 1.29 is 0 Å². The minimum atomic E-state index is -0.348. The van der Waals surface area contributed by atoms with Crippen LogP contribution in [0, 0.1) is 26.7 Å². The summed E-state index contributed by atoms with van der Waals surface area (Å²) in [7, 11) is 1.70. The maximum Gasteiger partial charge on any atom is 0.332 e. The molecule has 7 heteroatoms. The summed E-state index contributed by atoms with van der Waals surface area (Å²) in [6.45, 7) is 9.99. The van der Waals surface area contributed by atoms with Gasteiger partial charge >= 0.3 is 5.69 Å². The molecule has 4 aromatic rings. The van der Waals surface area contributed by atoms with Gasteiger partial charge in [-0.25, -0.2) is 4.79 Å². The number of hydrogen-bond donors (Lipinski definition) is 0. The van der Waals surface area contributed by atoms with E-state index >= 15 is 0 Å². The highest BCUT2D eigenvalue weighted by Crippen LogP contribution is 2.32. The number of imidazole rings is 1. The van der Waals surface area contributed by atoms with Gasteiger partial charge in [-0.15, -0.1) is 0 Å². The van der Waals surface area contributed by atoms with E-state index in [1.807, 2.05) is 36.6 Å². The molecular formula is C26H29N5O2. The Balaban J connectivity index is 1.72. The summed E-state index contributed by atoms with van der Waals surface area (Å²) in [4.78, 5) is 33.9. The molecule has 0 saturated heterocycles. The van der Waals surface area contributed by atoms with Crippen molar-refractivity contribution in [3.63, 3.8) is 0 Å². The van der Waals surface area contributed by atoms with Gasteiger partial charge in [0, 0.05) is 25.8 Å². The van der Waals surface area contributed by atoms with Crippen molar-refractivity contribution >= 4 is 22.8 Å². The average molecular weight is 444 g/mol. The zero-order chi connectivity index (χ0) is 23.4. The van der Waals surface area contributed by atoms with Crippen LogP contribution in [0.1, 0.15) is 29.2 Å². The van der Waals surface area contributed by atoms with Gasteiger partial charge in [-0.1, -0.05) is 48.4 Å². The molecule has 0 aliphatic carbocycles. The van der Waals surface area contributed by atoms with E-state index in [1.165, 1.54) is 14.7 Å². The SMILES string of the molecule is Cc1ccc(N2C[C@@H](C)Cn3c2nc2c3c(=O)n(Cc3cc(C)ccc3C)c(=O)n2C)cc1. The molecule has 0 unspecified atom stereocenters. The normalized spacial score (nSPS) is 15.8. The first kappa shape index (κ1) is 21.2. The van der Waals surface area contributed by atoms with Gasteiger partial charge in [0.05, 0.1) is 6.54 Å². The van der Waals surface area contributed by atoms with Gasteiger partial charge in [-0.05, 0) is 49.9 Å². The smallest absolute Gasteiger partial charge is 0.312 e. The largest absolute Gasteiger partial charge is 0.332 e. The fraction of sp³-hybridized carbons (Fsp3) is 0.346. The Kier molecular flexibility index (Phi) is 5.00. The molecule has 2 aromatic carbocycles. The van der Waals surface area contributed by atoms with Gasteiger partial charge in [-0.2, -0.15) is 4.98 Å². The molecule has 5 rings (SSSR count). The Bertz CT molecular complexity index is 1490. The molecule has 1 aliphatic rings. The third-order valence-corrected chi connectivity index (χ3v) is 6.62. The van der Waals surface area contributed by atoms with E-state index in [9.17, 15) is 9.59 Å². The number of benzene rings is 2. The van der Waals surface area contributed by atoms with E-state index < -0.39 is 0 Å². The van der Waals surface area contributed by atoms with Crippen LogP contribution in [-0.4, -0.2) is 25.2 Å². The summed E-state index contributed by atoms with van der Waals surface area (Å²) in [5, 5.41) is 0. The molecular weight excluding hydrogens is 414 g/mol. The van der Waals surface area contributed by atoms with Crippen molar-refractivity contribution in [3.8, 4) is 0 Å². The summed E-state index contributed by atoms with van der Waals surface area (Å²) in [6, 6.07) is 14.4. The minimum absolute atomic E-state index is 0.243. The average Bonchev–Trinajstić information content (AvgIpc) is 3.17. The van der Waals surface area contributed by atoms with Gasteiger partial charge in [-0.3, -0.25) is 13.9 Å². The Morgan fingerprint density at radius 3 is 2.39 bits per heavy atom. The van der Waals surface area contributed by atoms with E-state index in [0.717, 1.165) is 28.9 Å². The molecule has 0 saturated carbocycles. The number of nitrogens with zero attached hydrogens (tertiary/aromatic N) is 5. The number of rotatable bonds is 3. The third kappa shape index (κ3) is 3.48. The molecule has 0 spiro atoms. The first-order chi connectivity index (χ1) is 15.7. The second kappa shape index (κ2) is 7.76. The van der Waals surface area contributed by atoms with Crippen LogP contribution in [0.4, 0.5) is 11.6 Å². The topological polar surface area (TPSA) is 65.1 Å². The fourth-order valence-electron chi connectivity index (χ4n) is 4.73. The zero-order valence-electron chi connectivity index (χ0n) is 19.8. The fourth-order valence-corrected chi connectivity index (χ4v) is 4.73. The quantitative estimate of drug-likeness (QED) is 0.485. The Labute approximate surface area is 192 Å². The van der Waals surface area contributed by atoms with Crippen molar-refractivity contribution in [2.75, 3.05) is 11.4 Å². The number of aromatic nitrogens is 4. The standard InChI is InChI=1S/C26H29N5O2/c1-16-7-10-21(11-8-16)29-13-18(3)14-30-22-23(27-25(29)30)28(5)26(33)31(24(22)32)15-20-12-17(2)6-9-19(20)4/h6-12,18H,13-15H2,1-5H3/t18-/m1/s1. The highest BCUT2D eigenvalue weighted by Gasteiger charge is 2.29. The van der Waals surface area contributed by atoms with Crippen molar-refractivity contribution in [1.82, 2.24) is 18.7 Å². The number of aryl methyl sites for hydroxylation is 4. The number of hydrogen-bond acceptors (Lipinski definition) is 4. The lowest BCUT2D eigenvalue weighted by atomic mass is 10.1. The molecule has 33 heavy (non-hydrogen) atoms. The van der Waals surface area contributed by atoms with Crippen LogP contribution in [0.25, 0.3) is 11.2 Å². The Morgan fingerprint density at radius 2 is 1.67 bits per heavy atom. The molecule has 170 valence electrons. The highest BCUT2D eigenvalue weighted by atomic mass is 16.2. The zero-order valence-corrected chi connectivity index (χ0v) is 19.8. The van der Waals surface area contributed by atoms with Crippen molar-refractivity contribution in [2.24, 2.45) is 13.0 Å². The van der Waals surface area contributed by atoms with Crippen LogP contribution >= 0.6 is 0 Å². The van der Waals surface area contributed by atoms with Crippen LogP contribution in [0.5, 0.6) is 0 Å². The molecule has 0 amide bonds. The lowest BCUT2D eigenvalue weighted by Gasteiger charge is -2.33. The third-order valence-electron chi connectivity index (χ3n) is 6.62. The molecule has 3 heterocycles. The molecule has 0 N–H and O–H groups in total. The first-order valence-corrected chi connectivity index (χ1v) is 11.3. The Hall–Kier alpha value is -3.61. The predicted octanol–water partition coefficient (Wildman–Crippen LogP) is 3.66. The lowest BCUT2D eigenvalue weighted by molar-refractivity contribution is 0.458. The summed E-state index contributed by atoms with van der Waals surface area (Å²) in [5.74, 6) is 1.03. The summed E-state index contributed by atoms with van der Waals surface area (Å²) in [5.41, 5.74) is 5.64. The summed E-state index contributed by atoms with van der Waals surface area (Å²) >= 11 is 0. The van der Waals surface area contributed by atoms with Crippen LogP contribution in [0.2, 0.25) is 0 Å². The van der Waals surface area contributed by atoms with Gasteiger partial charge in [0.1, 0.15) is 0 Å². The van der Waals surface area contributed by atoms with E-state index in [2.05, 4.69) is 43.0 Å². The van der Waals surface area contributed by atoms with E-state index in [-0.39, 0.29) is 17.8 Å². The van der Waals surface area contributed by atoms with Crippen LogP contribution in [0.15, 0.2) is 52.1 Å². The van der Waals surface area contributed by atoms with Crippen molar-refractivity contribution in [1.29, 1.82) is 0 Å². The molecule has 0 fully saturated rings. The molecule has 7 nitrogen and oxygen atoms in total. The van der Waals surface area contributed by atoms with E-state index in [1.54, 1.807) is 7.05 Å². The molecule has 0 bridgehead atoms. The summed E-state index contributed by atoms with van der Waals surface area (Å²) < 4.78 is 4.84. The van der Waals surface area contributed by atoms with Crippen LogP contribution < -0.4 is 16.1 Å². The second-order valence-corrected chi connectivity index (χ2v) is 9.41. The van der Waals surface area contributed by atoms with Gasteiger partial charge in [0.15, 0.2) is 11.2 Å². The number of fused-ring (bicyclic) bond motifs is 3. The monoisotopic (exact) mass is 443 g/mol. The lowest BCUT2D eigenvalue weighted by Crippen LogP contribution is -2.40. The highest BCUT2D eigenvalue weighted by molar-refractivity contribution is 5.77. The van der Waals surface area contributed by atoms with Gasteiger partial charge in [0.2, 0.25) is 5.95 Å². The van der Waals surface area contributed by atoms with Gasteiger partial charge in [0.25, 0.3) is 5.56 Å². The Morgan fingerprint density at radius 1 is 0.970 bits per heavy atom. The summed E-state index contributed by atoms with van der Waals surface area (Å²) in [6.07, 6.45) is 0. The van der Waals surface area contributed by atoms with Crippen molar-refractivity contribution in [2.45, 2.75) is 40.8 Å². The molecule has 1 aliphatic heterocycles. The van der Waals surface area contributed by atoms with Crippen molar-refractivity contribution in [3.05, 3.63) is 85.6 Å². The maximum absolute atomic E-state index is 13.7. The second-order valence-electron chi connectivity index (χ2n) is 9.41. The minimum Gasteiger partial charge on any atom is -0.312 e. The molecule has 0 radical (unpaired) electrons. The predicted molar refractivity (Wildman–Crippen MR) is 132 cm³/mol. The van der Waals surface area contributed by atoms with E-state index in [4.69, 9.17) is 4.98 Å². The van der Waals surface area contributed by atoms with Gasteiger partial charge < -0.3 is 9.47 Å².